The number of likely N-dealkylation sites (N-methyl/N-ethyl adjacent to an activating group) is 1. The van der Waals surface area contributed by atoms with Crippen LogP contribution in [0.2, 0.25) is 5.02 Å². The molecule has 15 heavy (non-hydrogen) atoms. The molecule has 1 aliphatic rings. The normalized spacial score (nSPS) is 21.1. The fourth-order valence-corrected chi connectivity index (χ4v) is 2.10. The summed E-state index contributed by atoms with van der Waals surface area (Å²) in [6.07, 6.45) is 0.834. The van der Waals surface area contributed by atoms with Crippen molar-refractivity contribution in [1.29, 1.82) is 0 Å². The number of para-hydroxylation sites is 1. The van der Waals surface area contributed by atoms with Crippen LogP contribution in [0.15, 0.2) is 24.3 Å². The molecule has 0 saturated carbocycles. The van der Waals surface area contributed by atoms with Crippen LogP contribution >= 0.6 is 11.6 Å². The van der Waals surface area contributed by atoms with Crippen LogP contribution in [0.1, 0.15) is 6.42 Å². The predicted octanol–water partition coefficient (Wildman–Crippen LogP) is 1.66. The number of hydrogen-bond donors (Lipinski definition) is 1. The summed E-state index contributed by atoms with van der Waals surface area (Å²) in [5.74, 6) is 0.102. The van der Waals surface area contributed by atoms with Crippen LogP contribution in [0.25, 0.3) is 0 Å². The average molecular weight is 225 g/mol. The van der Waals surface area contributed by atoms with E-state index in [2.05, 4.69) is 5.32 Å². The van der Waals surface area contributed by atoms with E-state index in [1.165, 1.54) is 0 Å². The molecule has 0 aliphatic carbocycles. The van der Waals surface area contributed by atoms with Crippen molar-refractivity contribution in [3.05, 3.63) is 29.3 Å². The van der Waals surface area contributed by atoms with Crippen LogP contribution < -0.4 is 10.2 Å². The summed E-state index contributed by atoms with van der Waals surface area (Å²) in [5.41, 5.74) is 0.807. The average Bonchev–Trinajstić information content (AvgIpc) is 2.60. The summed E-state index contributed by atoms with van der Waals surface area (Å²) in [6, 6.07) is 7.36. The van der Waals surface area contributed by atoms with E-state index < -0.39 is 0 Å². The molecule has 0 radical (unpaired) electrons. The van der Waals surface area contributed by atoms with Gasteiger partial charge < -0.3 is 10.2 Å². The van der Waals surface area contributed by atoms with Gasteiger partial charge in [-0.05, 0) is 25.6 Å². The highest BCUT2D eigenvalue weighted by Crippen LogP contribution is 2.28. The molecule has 0 bridgehead atoms. The molecule has 0 spiro atoms. The van der Waals surface area contributed by atoms with Gasteiger partial charge in [-0.3, -0.25) is 4.79 Å². The largest absolute Gasteiger partial charge is 0.310 e. The van der Waals surface area contributed by atoms with E-state index in [-0.39, 0.29) is 11.9 Å². The zero-order valence-corrected chi connectivity index (χ0v) is 9.29. The van der Waals surface area contributed by atoms with Crippen molar-refractivity contribution in [2.45, 2.75) is 12.5 Å². The fourth-order valence-electron chi connectivity index (χ4n) is 1.86. The maximum absolute atomic E-state index is 11.9. The van der Waals surface area contributed by atoms with Crippen LogP contribution in [0.4, 0.5) is 5.69 Å². The standard InChI is InChI=1S/C11H13ClN2O/c1-13-9-6-7-14(11(9)15)10-5-3-2-4-8(10)12/h2-5,9,13H,6-7H2,1H3. The van der Waals surface area contributed by atoms with Crippen LogP contribution in [0.5, 0.6) is 0 Å². The van der Waals surface area contributed by atoms with Crippen molar-refractivity contribution >= 4 is 23.2 Å². The lowest BCUT2D eigenvalue weighted by molar-refractivity contribution is -0.118. The van der Waals surface area contributed by atoms with Gasteiger partial charge >= 0.3 is 0 Å². The number of nitrogens with zero attached hydrogens (tertiary/aromatic N) is 1. The van der Waals surface area contributed by atoms with Gasteiger partial charge in [-0.25, -0.2) is 0 Å². The molecule has 1 unspecified atom stereocenters. The van der Waals surface area contributed by atoms with Crippen molar-refractivity contribution in [2.75, 3.05) is 18.5 Å². The van der Waals surface area contributed by atoms with E-state index in [9.17, 15) is 4.79 Å². The van der Waals surface area contributed by atoms with Gasteiger partial charge in [0, 0.05) is 6.54 Å². The second-order valence-electron chi connectivity index (χ2n) is 3.57. The molecule has 1 aromatic carbocycles. The molecular formula is C11H13ClN2O. The number of carbonyl (C=O) groups excluding carboxylic acids is 1. The highest BCUT2D eigenvalue weighted by Gasteiger charge is 2.31. The molecule has 1 aromatic rings. The van der Waals surface area contributed by atoms with E-state index in [1.54, 1.807) is 18.0 Å². The molecule has 80 valence electrons. The third-order valence-corrected chi connectivity index (χ3v) is 3.02. The second kappa shape index (κ2) is 4.21. The number of nitrogens with one attached hydrogen (secondary N) is 1. The minimum absolute atomic E-state index is 0.0683. The molecule has 0 aromatic heterocycles. The summed E-state index contributed by atoms with van der Waals surface area (Å²) in [4.78, 5) is 13.6. The highest BCUT2D eigenvalue weighted by molar-refractivity contribution is 6.33. The summed E-state index contributed by atoms with van der Waals surface area (Å²) in [5, 5.41) is 3.63. The maximum atomic E-state index is 11.9. The fraction of sp³-hybridized carbons (Fsp3) is 0.364. The quantitative estimate of drug-likeness (QED) is 0.829. The lowest BCUT2D eigenvalue weighted by atomic mass is 10.2. The first-order valence-corrected chi connectivity index (χ1v) is 5.35. The summed E-state index contributed by atoms with van der Waals surface area (Å²) in [7, 11) is 1.80. The van der Waals surface area contributed by atoms with Gasteiger partial charge in [-0.2, -0.15) is 0 Å². The predicted molar refractivity (Wildman–Crippen MR) is 61.3 cm³/mol. The minimum atomic E-state index is -0.0683. The Labute approximate surface area is 94.0 Å². The number of rotatable bonds is 2. The van der Waals surface area contributed by atoms with Crippen LogP contribution in [0.3, 0.4) is 0 Å². The molecular weight excluding hydrogens is 212 g/mol. The van der Waals surface area contributed by atoms with Crippen molar-refractivity contribution in [3.63, 3.8) is 0 Å². The Bertz CT molecular complexity index is 381. The summed E-state index contributed by atoms with van der Waals surface area (Å²) < 4.78 is 0. The Hall–Kier alpha value is -1.06. The number of hydrogen-bond acceptors (Lipinski definition) is 2. The number of amides is 1. The third-order valence-electron chi connectivity index (χ3n) is 2.70. The summed E-state index contributed by atoms with van der Waals surface area (Å²) in [6.45, 7) is 0.730. The first kappa shape index (κ1) is 10.5. The number of halogens is 1. The van der Waals surface area contributed by atoms with E-state index in [1.807, 2.05) is 18.2 Å². The molecule has 2 rings (SSSR count). The monoisotopic (exact) mass is 224 g/mol. The number of anilines is 1. The van der Waals surface area contributed by atoms with E-state index in [0.717, 1.165) is 18.7 Å². The first-order valence-electron chi connectivity index (χ1n) is 4.97. The molecule has 1 aliphatic heterocycles. The minimum Gasteiger partial charge on any atom is -0.310 e. The topological polar surface area (TPSA) is 32.3 Å². The first-order chi connectivity index (χ1) is 7.24. The Morgan fingerprint density at radius 1 is 1.47 bits per heavy atom. The molecule has 1 atom stereocenters. The second-order valence-corrected chi connectivity index (χ2v) is 3.98. The smallest absolute Gasteiger partial charge is 0.244 e. The number of carbonyl (C=O) groups is 1. The zero-order chi connectivity index (χ0) is 10.8. The van der Waals surface area contributed by atoms with Crippen molar-refractivity contribution in [1.82, 2.24) is 5.32 Å². The van der Waals surface area contributed by atoms with Gasteiger partial charge in [0.05, 0.1) is 16.8 Å². The van der Waals surface area contributed by atoms with Crippen LogP contribution in [0, 0.1) is 0 Å². The highest BCUT2D eigenvalue weighted by atomic mass is 35.5. The van der Waals surface area contributed by atoms with E-state index in [4.69, 9.17) is 11.6 Å². The lowest BCUT2D eigenvalue weighted by Crippen LogP contribution is -2.36. The molecule has 1 saturated heterocycles. The lowest BCUT2D eigenvalue weighted by Gasteiger charge is -2.17. The molecule has 1 fully saturated rings. The Morgan fingerprint density at radius 3 is 2.80 bits per heavy atom. The third kappa shape index (κ3) is 1.85. The van der Waals surface area contributed by atoms with Gasteiger partial charge in [0.15, 0.2) is 0 Å². The van der Waals surface area contributed by atoms with Crippen LogP contribution in [-0.2, 0) is 4.79 Å². The van der Waals surface area contributed by atoms with Crippen LogP contribution in [-0.4, -0.2) is 25.5 Å². The Morgan fingerprint density at radius 2 is 2.20 bits per heavy atom. The molecule has 1 amide bonds. The Kier molecular flexibility index (Phi) is 2.93. The molecule has 1 N–H and O–H groups in total. The number of benzene rings is 1. The van der Waals surface area contributed by atoms with Gasteiger partial charge in [0.2, 0.25) is 5.91 Å². The van der Waals surface area contributed by atoms with Crippen molar-refractivity contribution < 1.29 is 4.79 Å². The zero-order valence-electron chi connectivity index (χ0n) is 8.53. The Balaban J connectivity index is 2.27. The van der Waals surface area contributed by atoms with Crippen molar-refractivity contribution in [3.8, 4) is 0 Å². The molecule has 4 heteroatoms. The molecule has 3 nitrogen and oxygen atoms in total. The molecule has 1 heterocycles. The van der Waals surface area contributed by atoms with Crippen molar-refractivity contribution in [2.24, 2.45) is 0 Å². The maximum Gasteiger partial charge on any atom is 0.244 e. The SMILES string of the molecule is CNC1CCN(c2ccccc2Cl)C1=O. The van der Waals surface area contributed by atoms with Gasteiger partial charge in [-0.15, -0.1) is 0 Å². The summed E-state index contributed by atoms with van der Waals surface area (Å²) >= 11 is 6.05. The van der Waals surface area contributed by atoms with Gasteiger partial charge in [0.25, 0.3) is 0 Å². The van der Waals surface area contributed by atoms with Gasteiger partial charge in [-0.1, -0.05) is 23.7 Å². The van der Waals surface area contributed by atoms with E-state index in [0.29, 0.717) is 5.02 Å². The van der Waals surface area contributed by atoms with E-state index >= 15 is 0 Å². The van der Waals surface area contributed by atoms with Gasteiger partial charge in [0.1, 0.15) is 0 Å².